The lowest BCUT2D eigenvalue weighted by molar-refractivity contribution is -0.122. The molecule has 0 spiro atoms. The fourth-order valence-electron chi connectivity index (χ4n) is 2.93. The predicted octanol–water partition coefficient (Wildman–Crippen LogP) is 5.35. The number of aliphatic hydroxyl groups is 1. The van der Waals surface area contributed by atoms with Gasteiger partial charge in [0.2, 0.25) is 0 Å². The number of unbranched alkanes of at least 4 members (excludes halogenated alkanes) is 10. The van der Waals surface area contributed by atoms with Crippen LogP contribution >= 0.6 is 0 Å². The molecular formula is C20H41NO2. The summed E-state index contributed by atoms with van der Waals surface area (Å²) in [6, 6.07) is -0.173. The van der Waals surface area contributed by atoms with Crippen molar-refractivity contribution >= 4 is 5.78 Å². The van der Waals surface area contributed by atoms with Crippen LogP contribution in [0.2, 0.25) is 0 Å². The number of ketones is 1. The molecule has 2 unspecified atom stereocenters. The summed E-state index contributed by atoms with van der Waals surface area (Å²) in [5.41, 5.74) is 0. The molecule has 0 saturated carbocycles. The zero-order valence-electron chi connectivity index (χ0n) is 15.9. The third-order valence-electron chi connectivity index (χ3n) is 4.60. The van der Waals surface area contributed by atoms with Crippen LogP contribution in [-0.4, -0.2) is 23.2 Å². The van der Waals surface area contributed by atoms with E-state index in [-0.39, 0.29) is 11.8 Å². The summed E-state index contributed by atoms with van der Waals surface area (Å²) < 4.78 is 0. The number of carbonyl (C=O) groups is 1. The number of aliphatic hydroxyl groups excluding tert-OH is 1. The van der Waals surface area contributed by atoms with Crippen molar-refractivity contribution in [2.75, 3.05) is 0 Å². The molecule has 0 aromatic carbocycles. The van der Waals surface area contributed by atoms with Crippen molar-refractivity contribution in [3.8, 4) is 0 Å². The van der Waals surface area contributed by atoms with E-state index in [2.05, 4.69) is 12.2 Å². The summed E-state index contributed by atoms with van der Waals surface area (Å²) in [6.45, 7) is 6.17. The van der Waals surface area contributed by atoms with Gasteiger partial charge in [-0.3, -0.25) is 10.1 Å². The number of nitrogens with one attached hydrogen (secondary N) is 1. The smallest absolute Gasteiger partial charge is 0.149 e. The van der Waals surface area contributed by atoms with E-state index in [1.54, 1.807) is 0 Å². The highest BCUT2D eigenvalue weighted by atomic mass is 16.3. The van der Waals surface area contributed by atoms with E-state index in [9.17, 15) is 9.90 Å². The summed E-state index contributed by atoms with van der Waals surface area (Å²) in [5.74, 6) is 0.260. The van der Waals surface area contributed by atoms with Crippen molar-refractivity contribution in [2.24, 2.45) is 0 Å². The molecule has 138 valence electrons. The number of Topliss-reactive ketones (excluding diaryl/α,β-unsaturated/α-hetero) is 1. The molecule has 0 rings (SSSR count). The minimum absolute atomic E-state index is 0.173. The van der Waals surface area contributed by atoms with E-state index >= 15 is 0 Å². The lowest BCUT2D eigenvalue weighted by Crippen LogP contribution is -2.42. The summed E-state index contributed by atoms with van der Waals surface area (Å²) in [7, 11) is 0. The van der Waals surface area contributed by atoms with E-state index in [1.165, 1.54) is 57.8 Å². The van der Waals surface area contributed by atoms with E-state index in [0.717, 1.165) is 19.3 Å². The van der Waals surface area contributed by atoms with Crippen molar-refractivity contribution in [3.63, 3.8) is 0 Å². The molecule has 3 heteroatoms. The number of hydrogen-bond donors (Lipinski definition) is 2. The van der Waals surface area contributed by atoms with Gasteiger partial charge in [0.05, 0.1) is 6.04 Å². The van der Waals surface area contributed by atoms with Gasteiger partial charge < -0.3 is 5.11 Å². The number of hydrogen-bond acceptors (Lipinski definition) is 3. The number of carbonyl (C=O) groups excluding carboxylic acids is 1. The third-order valence-corrected chi connectivity index (χ3v) is 4.60. The molecule has 3 nitrogen and oxygen atoms in total. The number of rotatable bonds is 17. The van der Waals surface area contributed by atoms with Gasteiger partial charge >= 0.3 is 0 Å². The molecule has 0 aromatic rings. The van der Waals surface area contributed by atoms with Crippen molar-refractivity contribution in [2.45, 2.75) is 123 Å². The first-order chi connectivity index (χ1) is 11.2. The van der Waals surface area contributed by atoms with Crippen molar-refractivity contribution in [1.29, 1.82) is 0 Å². The lowest BCUT2D eigenvalue weighted by Gasteiger charge is -2.19. The molecule has 0 aliphatic carbocycles. The van der Waals surface area contributed by atoms with Crippen molar-refractivity contribution < 1.29 is 9.90 Å². The van der Waals surface area contributed by atoms with Crippen LogP contribution in [-0.2, 0) is 4.79 Å². The largest absolute Gasteiger partial charge is 0.379 e. The Morgan fingerprint density at radius 2 is 1.26 bits per heavy atom. The molecule has 0 aliphatic rings. The Balaban J connectivity index is 3.47. The van der Waals surface area contributed by atoms with Crippen LogP contribution in [0.5, 0.6) is 0 Å². The van der Waals surface area contributed by atoms with Crippen LogP contribution in [0.1, 0.15) is 111 Å². The fraction of sp³-hybridized carbons (Fsp3) is 0.950. The van der Waals surface area contributed by atoms with Gasteiger partial charge in [0.25, 0.3) is 0 Å². The van der Waals surface area contributed by atoms with Gasteiger partial charge in [-0.2, -0.15) is 0 Å². The minimum Gasteiger partial charge on any atom is -0.379 e. The Bertz CT molecular complexity index is 268. The highest BCUT2D eigenvalue weighted by Gasteiger charge is 2.17. The topological polar surface area (TPSA) is 49.3 Å². The summed E-state index contributed by atoms with van der Waals surface area (Å²) in [4.78, 5) is 12.1. The molecule has 0 amide bonds. The molecule has 0 heterocycles. The summed E-state index contributed by atoms with van der Waals surface area (Å²) >= 11 is 0. The highest BCUT2D eigenvalue weighted by Crippen LogP contribution is 2.12. The summed E-state index contributed by atoms with van der Waals surface area (Å²) in [6.07, 6.45) is 15.8. The SMILES string of the molecule is CCCCCCCCCCCCCC(=O)C(CC)NC(O)CC. The maximum Gasteiger partial charge on any atom is 0.149 e. The Morgan fingerprint density at radius 1 is 0.783 bits per heavy atom. The van der Waals surface area contributed by atoms with E-state index in [0.29, 0.717) is 12.8 Å². The van der Waals surface area contributed by atoms with Gasteiger partial charge in [0.1, 0.15) is 12.0 Å². The van der Waals surface area contributed by atoms with E-state index in [1.807, 2.05) is 13.8 Å². The Labute approximate surface area is 144 Å². The zero-order valence-corrected chi connectivity index (χ0v) is 15.9. The molecular weight excluding hydrogens is 286 g/mol. The Kier molecular flexibility index (Phi) is 16.2. The monoisotopic (exact) mass is 327 g/mol. The van der Waals surface area contributed by atoms with Crippen LogP contribution < -0.4 is 5.32 Å². The first-order valence-electron chi connectivity index (χ1n) is 10.1. The Morgan fingerprint density at radius 3 is 1.70 bits per heavy atom. The van der Waals surface area contributed by atoms with Crippen LogP contribution in [0.25, 0.3) is 0 Å². The van der Waals surface area contributed by atoms with Crippen LogP contribution in [0.4, 0.5) is 0 Å². The molecule has 2 atom stereocenters. The molecule has 0 fully saturated rings. The average molecular weight is 328 g/mol. The standard InChI is InChI=1S/C20H41NO2/c1-4-7-8-9-10-11-12-13-14-15-16-17-19(22)18(5-2)21-20(23)6-3/h18,20-21,23H,4-17H2,1-3H3. The van der Waals surface area contributed by atoms with Gasteiger partial charge in [-0.15, -0.1) is 0 Å². The normalized spacial score (nSPS) is 13.9. The molecule has 0 aromatic heterocycles. The first-order valence-corrected chi connectivity index (χ1v) is 10.1. The van der Waals surface area contributed by atoms with E-state index < -0.39 is 6.23 Å². The molecule has 0 saturated heterocycles. The molecule has 0 bridgehead atoms. The van der Waals surface area contributed by atoms with Gasteiger partial charge in [0.15, 0.2) is 0 Å². The van der Waals surface area contributed by atoms with Gasteiger partial charge in [-0.05, 0) is 19.3 Å². The van der Waals surface area contributed by atoms with Crippen molar-refractivity contribution in [1.82, 2.24) is 5.32 Å². The second-order valence-electron chi connectivity index (χ2n) is 6.80. The van der Waals surface area contributed by atoms with Crippen molar-refractivity contribution in [3.05, 3.63) is 0 Å². The quantitative estimate of drug-likeness (QED) is 0.279. The maximum atomic E-state index is 12.1. The lowest BCUT2D eigenvalue weighted by atomic mass is 10.0. The molecule has 0 aliphatic heterocycles. The van der Waals surface area contributed by atoms with Crippen LogP contribution in [0.3, 0.4) is 0 Å². The predicted molar refractivity (Wildman–Crippen MR) is 99.6 cm³/mol. The zero-order chi connectivity index (χ0) is 17.3. The second kappa shape index (κ2) is 16.4. The van der Waals surface area contributed by atoms with Crippen LogP contribution in [0.15, 0.2) is 0 Å². The van der Waals surface area contributed by atoms with Gasteiger partial charge in [-0.1, -0.05) is 85.0 Å². The highest BCUT2D eigenvalue weighted by molar-refractivity contribution is 5.83. The molecule has 0 radical (unpaired) electrons. The Hall–Kier alpha value is -0.410. The molecule has 23 heavy (non-hydrogen) atoms. The van der Waals surface area contributed by atoms with E-state index in [4.69, 9.17) is 0 Å². The van der Waals surface area contributed by atoms with Gasteiger partial charge in [0, 0.05) is 6.42 Å². The second-order valence-corrected chi connectivity index (χ2v) is 6.80. The third kappa shape index (κ3) is 13.7. The first kappa shape index (κ1) is 22.6. The van der Waals surface area contributed by atoms with Crippen LogP contribution in [0, 0.1) is 0 Å². The average Bonchev–Trinajstić information content (AvgIpc) is 2.56. The van der Waals surface area contributed by atoms with Gasteiger partial charge in [-0.25, -0.2) is 0 Å². The fourth-order valence-corrected chi connectivity index (χ4v) is 2.93. The summed E-state index contributed by atoms with van der Waals surface area (Å²) in [5, 5.41) is 12.6. The minimum atomic E-state index is -0.554. The maximum absolute atomic E-state index is 12.1. The molecule has 2 N–H and O–H groups in total.